The number of nitrogens with zero attached hydrogens (tertiary/aromatic N) is 3. The zero-order valence-corrected chi connectivity index (χ0v) is 14.7. The molecule has 0 bridgehead atoms. The zero-order chi connectivity index (χ0) is 17.7. The minimum atomic E-state index is -0.427. The molecule has 0 saturated heterocycles. The maximum Gasteiger partial charge on any atom is 0.137 e. The Labute approximate surface area is 143 Å². The molecule has 0 radical (unpaired) electrons. The van der Waals surface area contributed by atoms with E-state index in [4.69, 9.17) is 10.5 Å². The topological polar surface area (TPSA) is 84.8 Å². The van der Waals surface area contributed by atoms with Crippen LogP contribution in [-0.4, -0.2) is 22.1 Å². The van der Waals surface area contributed by atoms with Gasteiger partial charge >= 0.3 is 0 Å². The lowest BCUT2D eigenvalue weighted by Crippen LogP contribution is -2.43. The quantitative estimate of drug-likeness (QED) is 0.879. The number of rotatable bonds is 6. The van der Waals surface area contributed by atoms with Crippen LogP contribution in [0, 0.1) is 24.2 Å². The first-order chi connectivity index (χ1) is 11.3. The van der Waals surface area contributed by atoms with Gasteiger partial charge in [0.25, 0.3) is 0 Å². The van der Waals surface area contributed by atoms with Crippen LogP contribution in [0.4, 0.5) is 0 Å². The van der Waals surface area contributed by atoms with Crippen molar-refractivity contribution in [1.82, 2.24) is 9.97 Å². The van der Waals surface area contributed by atoms with Gasteiger partial charge in [0.05, 0.1) is 11.3 Å². The summed E-state index contributed by atoms with van der Waals surface area (Å²) in [5, 5.41) is 9.43. The van der Waals surface area contributed by atoms with Gasteiger partial charge in [-0.1, -0.05) is 13.8 Å². The number of nitriles is 1. The fourth-order valence-electron chi connectivity index (χ4n) is 2.75. The van der Waals surface area contributed by atoms with E-state index < -0.39 is 5.54 Å². The first-order valence-electron chi connectivity index (χ1n) is 8.06. The molecule has 0 unspecified atom stereocenters. The van der Waals surface area contributed by atoms with Crippen LogP contribution in [-0.2, 0) is 0 Å². The average Bonchev–Trinajstić information content (AvgIpc) is 2.51. The molecule has 1 heterocycles. The molecule has 1 aromatic carbocycles. The van der Waals surface area contributed by atoms with Gasteiger partial charge in [-0.3, -0.25) is 0 Å². The molecule has 2 aromatic rings. The van der Waals surface area contributed by atoms with E-state index >= 15 is 0 Å². The molecule has 1 aromatic heterocycles. The molecule has 5 nitrogen and oxygen atoms in total. The van der Waals surface area contributed by atoms with Crippen molar-refractivity contribution in [2.45, 2.75) is 39.7 Å². The Balaban J connectivity index is 2.20. The molecule has 0 spiro atoms. The maximum atomic E-state index is 9.43. The van der Waals surface area contributed by atoms with Gasteiger partial charge in [-0.05, 0) is 50.5 Å². The van der Waals surface area contributed by atoms with E-state index in [1.165, 1.54) is 0 Å². The van der Waals surface area contributed by atoms with Crippen molar-refractivity contribution in [3.63, 3.8) is 0 Å². The van der Waals surface area contributed by atoms with Crippen LogP contribution in [0.25, 0.3) is 11.3 Å². The van der Waals surface area contributed by atoms with Crippen LogP contribution in [0.3, 0.4) is 0 Å². The molecule has 24 heavy (non-hydrogen) atoms. The molecule has 0 aliphatic rings. The molecule has 5 heteroatoms. The summed E-state index contributed by atoms with van der Waals surface area (Å²) >= 11 is 0. The van der Waals surface area contributed by atoms with Crippen molar-refractivity contribution in [3.8, 4) is 23.1 Å². The van der Waals surface area contributed by atoms with Crippen LogP contribution in [0.2, 0.25) is 0 Å². The highest BCUT2D eigenvalue weighted by Gasteiger charge is 2.21. The predicted molar refractivity (Wildman–Crippen MR) is 94.5 cm³/mol. The van der Waals surface area contributed by atoms with Crippen LogP contribution in [0.1, 0.15) is 38.6 Å². The average molecular weight is 324 g/mol. The van der Waals surface area contributed by atoms with Crippen molar-refractivity contribution in [2.75, 3.05) is 6.61 Å². The highest BCUT2D eigenvalue weighted by Crippen LogP contribution is 2.26. The Kier molecular flexibility index (Phi) is 5.53. The number of aromatic nitrogens is 2. The van der Waals surface area contributed by atoms with Gasteiger partial charge in [0.1, 0.15) is 24.3 Å². The number of benzene rings is 1. The molecule has 0 fully saturated rings. The Hall–Kier alpha value is -2.45. The summed E-state index contributed by atoms with van der Waals surface area (Å²) in [6.07, 6.45) is 2.56. The van der Waals surface area contributed by atoms with E-state index in [0.29, 0.717) is 29.7 Å². The third-order valence-corrected chi connectivity index (χ3v) is 3.60. The second kappa shape index (κ2) is 7.41. The summed E-state index contributed by atoms with van der Waals surface area (Å²) in [5.41, 5.74) is 7.97. The summed E-state index contributed by atoms with van der Waals surface area (Å²) in [6, 6.07) is 9.50. The molecule has 2 N–H and O–H groups in total. The van der Waals surface area contributed by atoms with E-state index in [-0.39, 0.29) is 0 Å². The SMILES string of the molecule is Cc1nccc(-c2ccc(OC[C@@](C)(N)CC(C)C)c(C#N)c2)n1. The fourth-order valence-corrected chi connectivity index (χ4v) is 2.75. The van der Waals surface area contributed by atoms with Crippen LogP contribution >= 0.6 is 0 Å². The minimum Gasteiger partial charge on any atom is -0.490 e. The lowest BCUT2D eigenvalue weighted by Gasteiger charge is -2.26. The monoisotopic (exact) mass is 324 g/mol. The predicted octanol–water partition coefficient (Wildman–Crippen LogP) is 3.47. The van der Waals surface area contributed by atoms with Crippen molar-refractivity contribution < 1.29 is 4.74 Å². The standard InChI is InChI=1S/C19H24N4O/c1-13(2)10-19(4,21)12-24-18-6-5-15(9-16(18)11-20)17-7-8-22-14(3)23-17/h5-9,13H,10,12,21H2,1-4H3/t19-/m0/s1. The summed E-state index contributed by atoms with van der Waals surface area (Å²) in [6.45, 7) is 8.43. The van der Waals surface area contributed by atoms with Gasteiger partial charge in [0.2, 0.25) is 0 Å². The zero-order valence-electron chi connectivity index (χ0n) is 14.7. The molecule has 0 aliphatic carbocycles. The first-order valence-corrected chi connectivity index (χ1v) is 8.06. The van der Waals surface area contributed by atoms with Crippen LogP contribution in [0.5, 0.6) is 5.75 Å². The normalized spacial score (nSPS) is 13.4. The summed E-state index contributed by atoms with van der Waals surface area (Å²) in [5.74, 6) is 1.73. The Morgan fingerprint density at radius 2 is 2.08 bits per heavy atom. The number of hydrogen-bond donors (Lipinski definition) is 1. The van der Waals surface area contributed by atoms with Crippen LogP contribution in [0.15, 0.2) is 30.5 Å². The largest absolute Gasteiger partial charge is 0.490 e. The lowest BCUT2D eigenvalue weighted by atomic mass is 9.93. The molecule has 126 valence electrons. The molecule has 2 rings (SSSR count). The number of aryl methyl sites for hydroxylation is 1. The summed E-state index contributed by atoms with van der Waals surface area (Å²) < 4.78 is 5.83. The molecule has 0 saturated carbocycles. The Morgan fingerprint density at radius 3 is 2.71 bits per heavy atom. The Bertz CT molecular complexity index is 747. The molecule has 0 aliphatic heterocycles. The number of nitrogens with two attached hydrogens (primary N) is 1. The minimum absolute atomic E-state index is 0.367. The van der Waals surface area contributed by atoms with E-state index in [1.54, 1.807) is 18.3 Å². The van der Waals surface area contributed by atoms with Crippen LogP contribution < -0.4 is 10.5 Å². The maximum absolute atomic E-state index is 9.43. The second-order valence-corrected chi connectivity index (χ2v) is 6.85. The van der Waals surface area contributed by atoms with E-state index in [9.17, 15) is 5.26 Å². The molecule has 1 atom stereocenters. The number of hydrogen-bond acceptors (Lipinski definition) is 5. The van der Waals surface area contributed by atoms with Gasteiger partial charge in [-0.15, -0.1) is 0 Å². The summed E-state index contributed by atoms with van der Waals surface area (Å²) in [7, 11) is 0. The van der Waals surface area contributed by atoms with Gasteiger partial charge in [-0.25, -0.2) is 9.97 Å². The van der Waals surface area contributed by atoms with Crippen molar-refractivity contribution in [1.29, 1.82) is 5.26 Å². The highest BCUT2D eigenvalue weighted by molar-refractivity contribution is 5.63. The van der Waals surface area contributed by atoms with Crippen molar-refractivity contribution in [3.05, 3.63) is 41.9 Å². The van der Waals surface area contributed by atoms with E-state index in [2.05, 4.69) is 29.9 Å². The Morgan fingerprint density at radius 1 is 1.33 bits per heavy atom. The first kappa shape index (κ1) is 17.9. The second-order valence-electron chi connectivity index (χ2n) is 6.85. The van der Waals surface area contributed by atoms with Crippen molar-refractivity contribution >= 4 is 0 Å². The molecular weight excluding hydrogens is 300 g/mol. The highest BCUT2D eigenvalue weighted by atomic mass is 16.5. The van der Waals surface area contributed by atoms with Gasteiger partial charge < -0.3 is 10.5 Å². The lowest BCUT2D eigenvalue weighted by molar-refractivity contribution is 0.206. The third kappa shape index (κ3) is 4.77. The number of ether oxygens (including phenoxy) is 1. The van der Waals surface area contributed by atoms with Gasteiger partial charge in [0, 0.05) is 17.3 Å². The molecule has 0 amide bonds. The van der Waals surface area contributed by atoms with E-state index in [1.807, 2.05) is 26.0 Å². The smallest absolute Gasteiger partial charge is 0.137 e. The summed E-state index contributed by atoms with van der Waals surface area (Å²) in [4.78, 5) is 8.48. The third-order valence-electron chi connectivity index (χ3n) is 3.60. The van der Waals surface area contributed by atoms with Gasteiger partial charge in [-0.2, -0.15) is 5.26 Å². The fraction of sp³-hybridized carbons (Fsp3) is 0.421. The molecular formula is C19H24N4O. The van der Waals surface area contributed by atoms with Gasteiger partial charge in [0.15, 0.2) is 0 Å². The van der Waals surface area contributed by atoms with Crippen molar-refractivity contribution in [2.24, 2.45) is 11.7 Å². The van der Waals surface area contributed by atoms with E-state index in [0.717, 1.165) is 17.7 Å².